The van der Waals surface area contributed by atoms with E-state index in [9.17, 15) is 14.4 Å². The van der Waals surface area contributed by atoms with Crippen LogP contribution in [0.5, 0.6) is 0 Å². The molecule has 122 valence electrons. The molecule has 0 N–H and O–H groups in total. The number of carbonyl (C=O) groups excluding carboxylic acids is 3. The fraction of sp³-hybridized carbons (Fsp3) is 0.312. The van der Waals surface area contributed by atoms with Gasteiger partial charge in [0.25, 0.3) is 5.91 Å². The Morgan fingerprint density at radius 3 is 2.65 bits per heavy atom. The first-order valence-corrected chi connectivity index (χ1v) is 7.92. The lowest BCUT2D eigenvalue weighted by Gasteiger charge is -2.16. The average Bonchev–Trinajstić information content (AvgIpc) is 3.13. The molecule has 0 saturated heterocycles. The maximum atomic E-state index is 12.0. The normalized spacial score (nSPS) is 10.4. The van der Waals surface area contributed by atoms with Gasteiger partial charge in [-0.15, -0.1) is 0 Å². The summed E-state index contributed by atoms with van der Waals surface area (Å²) >= 11 is 1.56. The van der Waals surface area contributed by atoms with Gasteiger partial charge in [0.15, 0.2) is 12.4 Å². The molecule has 23 heavy (non-hydrogen) atoms. The first-order valence-electron chi connectivity index (χ1n) is 6.98. The molecule has 2 aromatic heterocycles. The Morgan fingerprint density at radius 1 is 1.35 bits per heavy atom. The Morgan fingerprint density at radius 2 is 2.09 bits per heavy atom. The Labute approximate surface area is 138 Å². The quantitative estimate of drug-likeness (QED) is 0.599. The molecule has 2 rings (SSSR count). The summed E-state index contributed by atoms with van der Waals surface area (Å²) in [5.74, 6) is -1.05. The highest BCUT2D eigenvalue weighted by Gasteiger charge is 2.18. The molecule has 6 nitrogen and oxygen atoms in total. The number of nitrogens with zero attached hydrogens (tertiary/aromatic N) is 2. The largest absolute Gasteiger partial charge is 0.451 e. The fourth-order valence-electron chi connectivity index (χ4n) is 2.02. The van der Waals surface area contributed by atoms with Crippen molar-refractivity contribution in [2.45, 2.75) is 13.5 Å². The molecule has 0 bridgehead atoms. The Hall–Kier alpha value is -2.41. The second kappa shape index (κ2) is 7.23. The third-order valence-electron chi connectivity index (χ3n) is 3.37. The van der Waals surface area contributed by atoms with E-state index >= 15 is 0 Å². The van der Waals surface area contributed by atoms with Crippen molar-refractivity contribution in [2.75, 3.05) is 13.7 Å². The topological polar surface area (TPSA) is 68.6 Å². The summed E-state index contributed by atoms with van der Waals surface area (Å²) in [6.45, 7) is 1.56. The molecule has 0 aromatic carbocycles. The first-order chi connectivity index (χ1) is 10.9. The predicted octanol–water partition coefficient (Wildman–Crippen LogP) is 2.10. The van der Waals surface area contributed by atoms with Crippen LogP contribution in [0.4, 0.5) is 0 Å². The van der Waals surface area contributed by atoms with Crippen LogP contribution in [0.3, 0.4) is 0 Å². The lowest BCUT2D eigenvalue weighted by molar-refractivity contribution is -0.133. The van der Waals surface area contributed by atoms with Gasteiger partial charge in [0, 0.05) is 32.4 Å². The zero-order valence-electron chi connectivity index (χ0n) is 13.2. The lowest BCUT2D eigenvalue weighted by Crippen LogP contribution is -2.30. The van der Waals surface area contributed by atoms with Crippen molar-refractivity contribution in [1.29, 1.82) is 0 Å². The fourth-order valence-corrected chi connectivity index (χ4v) is 2.68. The molecule has 0 atom stereocenters. The SMILES string of the molecule is CC(=O)c1cc(C(=O)OCC(=O)N(C)Cc2ccsc2)n(C)c1. The van der Waals surface area contributed by atoms with Crippen LogP contribution in [0, 0.1) is 0 Å². The van der Waals surface area contributed by atoms with Crippen molar-refractivity contribution < 1.29 is 19.1 Å². The van der Waals surface area contributed by atoms with Gasteiger partial charge in [-0.05, 0) is 35.4 Å². The molecule has 0 radical (unpaired) electrons. The molecule has 0 aliphatic heterocycles. The van der Waals surface area contributed by atoms with Gasteiger partial charge in [0.05, 0.1) is 0 Å². The minimum absolute atomic E-state index is 0.133. The number of hydrogen-bond donors (Lipinski definition) is 0. The number of ether oxygens (including phenoxy) is 1. The van der Waals surface area contributed by atoms with Crippen molar-refractivity contribution >= 4 is 29.0 Å². The maximum Gasteiger partial charge on any atom is 0.355 e. The monoisotopic (exact) mass is 334 g/mol. The lowest BCUT2D eigenvalue weighted by atomic mass is 10.2. The number of amides is 1. The van der Waals surface area contributed by atoms with Crippen LogP contribution in [0.2, 0.25) is 0 Å². The van der Waals surface area contributed by atoms with Crippen molar-refractivity contribution in [3.63, 3.8) is 0 Å². The predicted molar refractivity (Wildman–Crippen MR) is 86.5 cm³/mol. The van der Waals surface area contributed by atoms with Gasteiger partial charge < -0.3 is 14.2 Å². The second-order valence-corrected chi connectivity index (χ2v) is 6.02. The summed E-state index contributed by atoms with van der Waals surface area (Å²) in [6.07, 6.45) is 1.56. The molecule has 2 heterocycles. The molecule has 2 aromatic rings. The van der Waals surface area contributed by atoms with E-state index in [1.807, 2.05) is 16.8 Å². The van der Waals surface area contributed by atoms with Crippen LogP contribution in [-0.2, 0) is 23.1 Å². The summed E-state index contributed by atoms with van der Waals surface area (Å²) in [5.41, 5.74) is 1.70. The van der Waals surface area contributed by atoms with Crippen molar-refractivity contribution in [3.05, 3.63) is 45.9 Å². The second-order valence-electron chi connectivity index (χ2n) is 5.24. The van der Waals surface area contributed by atoms with Gasteiger partial charge in [0.2, 0.25) is 0 Å². The number of ketones is 1. The van der Waals surface area contributed by atoms with E-state index in [2.05, 4.69) is 0 Å². The number of Topliss-reactive ketones (excluding diaryl/α,β-unsaturated/α-hetero) is 1. The standard InChI is InChI=1S/C16H18N2O4S/c1-11(19)13-6-14(17(2)8-13)16(21)22-9-15(20)18(3)7-12-4-5-23-10-12/h4-6,8,10H,7,9H2,1-3H3. The third-order valence-corrected chi connectivity index (χ3v) is 4.10. The molecular formula is C16H18N2O4S. The van der Waals surface area contributed by atoms with Gasteiger partial charge in [-0.2, -0.15) is 11.3 Å². The van der Waals surface area contributed by atoms with Gasteiger partial charge in [-0.3, -0.25) is 9.59 Å². The number of likely N-dealkylation sites (N-methyl/N-ethyl adjacent to an activating group) is 1. The van der Waals surface area contributed by atoms with Gasteiger partial charge in [-0.1, -0.05) is 0 Å². The van der Waals surface area contributed by atoms with Crippen LogP contribution in [0.25, 0.3) is 0 Å². The minimum atomic E-state index is -0.628. The summed E-state index contributed by atoms with van der Waals surface area (Å²) in [6, 6.07) is 3.40. The van der Waals surface area contributed by atoms with E-state index in [-0.39, 0.29) is 24.0 Å². The van der Waals surface area contributed by atoms with Gasteiger partial charge >= 0.3 is 5.97 Å². The van der Waals surface area contributed by atoms with Crippen molar-refractivity contribution in [1.82, 2.24) is 9.47 Å². The highest BCUT2D eigenvalue weighted by molar-refractivity contribution is 7.07. The Balaban J connectivity index is 1.90. The van der Waals surface area contributed by atoms with Crippen molar-refractivity contribution in [2.24, 2.45) is 7.05 Å². The first kappa shape index (κ1) is 17.0. The number of thiophene rings is 1. The van der Waals surface area contributed by atoms with Gasteiger partial charge in [0.1, 0.15) is 5.69 Å². The molecule has 0 saturated carbocycles. The Kier molecular flexibility index (Phi) is 5.33. The minimum Gasteiger partial charge on any atom is -0.451 e. The van der Waals surface area contributed by atoms with Gasteiger partial charge in [-0.25, -0.2) is 4.79 Å². The van der Waals surface area contributed by atoms with E-state index in [1.165, 1.54) is 22.5 Å². The van der Waals surface area contributed by atoms with Crippen molar-refractivity contribution in [3.8, 4) is 0 Å². The third kappa shape index (κ3) is 4.29. The highest BCUT2D eigenvalue weighted by Crippen LogP contribution is 2.11. The van der Waals surface area contributed by atoms with Crippen LogP contribution in [0.1, 0.15) is 33.3 Å². The molecule has 0 unspecified atom stereocenters. The smallest absolute Gasteiger partial charge is 0.355 e. The number of esters is 1. The average molecular weight is 334 g/mol. The zero-order chi connectivity index (χ0) is 17.0. The number of aryl methyl sites for hydroxylation is 1. The summed E-state index contributed by atoms with van der Waals surface area (Å²) in [7, 11) is 3.30. The van der Waals surface area contributed by atoms with Crippen LogP contribution in [-0.4, -0.2) is 40.8 Å². The Bertz CT molecular complexity index is 719. The molecule has 7 heteroatoms. The highest BCUT2D eigenvalue weighted by atomic mass is 32.1. The molecule has 0 spiro atoms. The zero-order valence-corrected chi connectivity index (χ0v) is 14.1. The summed E-state index contributed by atoms with van der Waals surface area (Å²) in [5, 5.41) is 3.90. The van der Waals surface area contributed by atoms with Crippen LogP contribution < -0.4 is 0 Å². The van der Waals surface area contributed by atoms with E-state index in [1.54, 1.807) is 31.6 Å². The summed E-state index contributed by atoms with van der Waals surface area (Å²) < 4.78 is 6.56. The van der Waals surface area contributed by atoms with Crippen LogP contribution in [0.15, 0.2) is 29.1 Å². The number of hydrogen-bond acceptors (Lipinski definition) is 5. The van der Waals surface area contributed by atoms with E-state index < -0.39 is 5.97 Å². The molecule has 1 amide bonds. The van der Waals surface area contributed by atoms with E-state index in [0.29, 0.717) is 12.1 Å². The molecule has 0 aliphatic rings. The van der Waals surface area contributed by atoms with Crippen LogP contribution >= 0.6 is 11.3 Å². The molecular weight excluding hydrogens is 316 g/mol. The van der Waals surface area contributed by atoms with E-state index in [0.717, 1.165) is 5.56 Å². The number of aromatic nitrogens is 1. The summed E-state index contributed by atoms with van der Waals surface area (Å²) in [4.78, 5) is 36.8. The number of rotatable bonds is 6. The number of carbonyl (C=O) groups is 3. The molecule has 0 fully saturated rings. The maximum absolute atomic E-state index is 12.0. The molecule has 0 aliphatic carbocycles. The van der Waals surface area contributed by atoms with E-state index in [4.69, 9.17) is 4.74 Å².